The number of carbonyl (C=O) groups excluding carboxylic acids is 1. The lowest BCUT2D eigenvalue weighted by molar-refractivity contribution is -0.113. The highest BCUT2D eigenvalue weighted by Crippen LogP contribution is 2.18. The van der Waals surface area contributed by atoms with Gasteiger partial charge in [0, 0.05) is 19.2 Å². The Balaban J connectivity index is 1.89. The number of aromatic nitrogens is 3. The van der Waals surface area contributed by atoms with E-state index in [2.05, 4.69) is 22.4 Å². The standard InChI is InChI=1S/C16H22N4OS/c1-4-5-10-14-18-19-16(20(14)3)22-11-15(21)17-13-9-7-6-8-12(13)2/h6-9H,4-5,10-11H2,1-3H3,(H,17,21). The molecule has 22 heavy (non-hydrogen) atoms. The van der Waals surface area contributed by atoms with E-state index >= 15 is 0 Å². The molecule has 2 rings (SSSR count). The predicted molar refractivity (Wildman–Crippen MR) is 90.1 cm³/mol. The molecule has 1 aromatic carbocycles. The number of nitrogens with zero attached hydrogens (tertiary/aromatic N) is 3. The van der Waals surface area contributed by atoms with Crippen LogP contribution in [0, 0.1) is 6.92 Å². The van der Waals surface area contributed by atoms with Gasteiger partial charge in [-0.1, -0.05) is 43.3 Å². The molecule has 0 fully saturated rings. The van der Waals surface area contributed by atoms with Gasteiger partial charge in [-0.3, -0.25) is 4.79 Å². The lowest BCUT2D eigenvalue weighted by Gasteiger charge is -2.07. The third kappa shape index (κ3) is 4.34. The van der Waals surface area contributed by atoms with E-state index in [1.54, 1.807) is 0 Å². The number of nitrogens with one attached hydrogen (secondary N) is 1. The molecule has 0 aliphatic carbocycles. The van der Waals surface area contributed by atoms with Crippen LogP contribution in [0.2, 0.25) is 0 Å². The van der Waals surface area contributed by atoms with Crippen molar-refractivity contribution in [1.29, 1.82) is 0 Å². The van der Waals surface area contributed by atoms with Crippen LogP contribution in [-0.4, -0.2) is 26.4 Å². The van der Waals surface area contributed by atoms with Crippen LogP contribution in [0.3, 0.4) is 0 Å². The van der Waals surface area contributed by atoms with Crippen molar-refractivity contribution in [2.45, 2.75) is 38.3 Å². The molecular formula is C16H22N4OS. The van der Waals surface area contributed by atoms with E-state index in [9.17, 15) is 4.79 Å². The molecule has 0 unspecified atom stereocenters. The fourth-order valence-electron chi connectivity index (χ4n) is 2.05. The molecule has 0 bridgehead atoms. The Morgan fingerprint density at radius 2 is 2.09 bits per heavy atom. The van der Waals surface area contributed by atoms with E-state index in [4.69, 9.17) is 0 Å². The number of rotatable bonds is 7. The molecule has 1 heterocycles. The van der Waals surface area contributed by atoms with Gasteiger partial charge in [-0.15, -0.1) is 10.2 Å². The van der Waals surface area contributed by atoms with Crippen LogP contribution in [0.4, 0.5) is 5.69 Å². The van der Waals surface area contributed by atoms with Gasteiger partial charge < -0.3 is 9.88 Å². The number of carbonyl (C=O) groups is 1. The van der Waals surface area contributed by atoms with Gasteiger partial charge in [0.2, 0.25) is 5.91 Å². The molecule has 6 heteroatoms. The number of benzene rings is 1. The van der Waals surface area contributed by atoms with Gasteiger partial charge in [-0.05, 0) is 25.0 Å². The second-order valence-corrected chi connectivity index (χ2v) is 6.16. The molecule has 2 aromatic rings. The second kappa shape index (κ2) is 7.98. The van der Waals surface area contributed by atoms with Crippen molar-refractivity contribution in [2.24, 2.45) is 7.05 Å². The van der Waals surface area contributed by atoms with Gasteiger partial charge in [-0.25, -0.2) is 0 Å². The zero-order chi connectivity index (χ0) is 15.9. The average molecular weight is 318 g/mol. The van der Waals surface area contributed by atoms with Gasteiger partial charge in [-0.2, -0.15) is 0 Å². The first-order valence-electron chi connectivity index (χ1n) is 7.48. The largest absolute Gasteiger partial charge is 0.325 e. The molecule has 0 aliphatic heterocycles. The van der Waals surface area contributed by atoms with Crippen LogP contribution in [0.5, 0.6) is 0 Å². The Kier molecular flexibility index (Phi) is 6.00. The number of unbranched alkanes of at least 4 members (excludes halogenated alkanes) is 1. The maximum Gasteiger partial charge on any atom is 0.234 e. The predicted octanol–water partition coefficient (Wildman–Crippen LogP) is 3.20. The molecular weight excluding hydrogens is 296 g/mol. The number of thioether (sulfide) groups is 1. The van der Waals surface area contributed by atoms with E-state index < -0.39 is 0 Å². The van der Waals surface area contributed by atoms with Crippen molar-refractivity contribution in [1.82, 2.24) is 14.8 Å². The van der Waals surface area contributed by atoms with Gasteiger partial charge >= 0.3 is 0 Å². The summed E-state index contributed by atoms with van der Waals surface area (Å²) in [4.78, 5) is 12.0. The molecule has 5 nitrogen and oxygen atoms in total. The molecule has 0 spiro atoms. The highest BCUT2D eigenvalue weighted by Gasteiger charge is 2.11. The first kappa shape index (κ1) is 16.5. The van der Waals surface area contributed by atoms with Crippen molar-refractivity contribution in [3.63, 3.8) is 0 Å². The second-order valence-electron chi connectivity index (χ2n) is 5.21. The number of amides is 1. The summed E-state index contributed by atoms with van der Waals surface area (Å²) in [5.74, 6) is 1.27. The Morgan fingerprint density at radius 1 is 1.32 bits per heavy atom. The molecule has 1 N–H and O–H groups in total. The maximum absolute atomic E-state index is 12.0. The molecule has 1 aromatic heterocycles. The third-order valence-electron chi connectivity index (χ3n) is 3.43. The molecule has 0 saturated carbocycles. The molecule has 0 radical (unpaired) electrons. The van der Waals surface area contributed by atoms with E-state index in [0.29, 0.717) is 5.75 Å². The highest BCUT2D eigenvalue weighted by molar-refractivity contribution is 7.99. The maximum atomic E-state index is 12.0. The van der Waals surface area contributed by atoms with Crippen LogP contribution < -0.4 is 5.32 Å². The molecule has 0 saturated heterocycles. The molecule has 0 aliphatic rings. The first-order chi connectivity index (χ1) is 10.6. The third-order valence-corrected chi connectivity index (χ3v) is 4.45. The fourth-order valence-corrected chi connectivity index (χ4v) is 2.78. The molecule has 118 valence electrons. The topological polar surface area (TPSA) is 59.8 Å². The van der Waals surface area contributed by atoms with Gasteiger partial charge in [0.1, 0.15) is 5.82 Å². The lowest BCUT2D eigenvalue weighted by atomic mass is 10.2. The minimum absolute atomic E-state index is 0.0302. The summed E-state index contributed by atoms with van der Waals surface area (Å²) in [6, 6.07) is 7.75. The Bertz CT molecular complexity index is 639. The SMILES string of the molecule is CCCCc1nnc(SCC(=O)Nc2ccccc2C)n1C. The first-order valence-corrected chi connectivity index (χ1v) is 8.47. The summed E-state index contributed by atoms with van der Waals surface area (Å²) in [5, 5.41) is 12.1. The van der Waals surface area contributed by atoms with E-state index in [-0.39, 0.29) is 5.91 Å². The Morgan fingerprint density at radius 3 is 2.82 bits per heavy atom. The number of hydrogen-bond acceptors (Lipinski definition) is 4. The lowest BCUT2D eigenvalue weighted by Crippen LogP contribution is -2.15. The summed E-state index contributed by atoms with van der Waals surface area (Å²) in [6.45, 7) is 4.13. The minimum atomic E-state index is -0.0302. The van der Waals surface area contributed by atoms with Crippen molar-refractivity contribution in [3.05, 3.63) is 35.7 Å². The zero-order valence-electron chi connectivity index (χ0n) is 13.3. The van der Waals surface area contributed by atoms with E-state index in [1.807, 2.05) is 42.8 Å². The van der Waals surface area contributed by atoms with Crippen LogP contribution in [0.25, 0.3) is 0 Å². The monoisotopic (exact) mass is 318 g/mol. The van der Waals surface area contributed by atoms with E-state index in [1.165, 1.54) is 11.8 Å². The fraction of sp³-hybridized carbons (Fsp3) is 0.438. The number of para-hydroxylation sites is 1. The van der Waals surface area contributed by atoms with Gasteiger partial charge in [0.15, 0.2) is 5.16 Å². The van der Waals surface area contributed by atoms with Crippen LogP contribution in [0.15, 0.2) is 29.4 Å². The summed E-state index contributed by atoms with van der Waals surface area (Å²) in [5.41, 5.74) is 1.91. The van der Waals surface area contributed by atoms with Crippen LogP contribution >= 0.6 is 11.8 Å². The van der Waals surface area contributed by atoms with Gasteiger partial charge in [0.05, 0.1) is 5.75 Å². The quantitative estimate of drug-likeness (QED) is 0.797. The van der Waals surface area contributed by atoms with Crippen molar-refractivity contribution >= 4 is 23.4 Å². The molecule has 0 atom stereocenters. The number of anilines is 1. The Hall–Kier alpha value is -1.82. The number of aryl methyl sites for hydroxylation is 2. The average Bonchev–Trinajstić information content (AvgIpc) is 2.86. The molecule has 1 amide bonds. The summed E-state index contributed by atoms with van der Waals surface area (Å²) in [7, 11) is 1.95. The minimum Gasteiger partial charge on any atom is -0.325 e. The zero-order valence-corrected chi connectivity index (χ0v) is 14.1. The van der Waals surface area contributed by atoms with Crippen molar-refractivity contribution < 1.29 is 4.79 Å². The smallest absolute Gasteiger partial charge is 0.234 e. The van der Waals surface area contributed by atoms with Crippen molar-refractivity contribution in [3.8, 4) is 0 Å². The van der Waals surface area contributed by atoms with Crippen molar-refractivity contribution in [2.75, 3.05) is 11.1 Å². The van der Waals surface area contributed by atoms with E-state index in [0.717, 1.165) is 41.5 Å². The van der Waals surface area contributed by atoms with Crippen LogP contribution in [-0.2, 0) is 18.3 Å². The van der Waals surface area contributed by atoms with Gasteiger partial charge in [0.25, 0.3) is 0 Å². The number of hydrogen-bond donors (Lipinski definition) is 1. The summed E-state index contributed by atoms with van der Waals surface area (Å²) in [6.07, 6.45) is 3.16. The highest BCUT2D eigenvalue weighted by atomic mass is 32.2. The van der Waals surface area contributed by atoms with Crippen LogP contribution in [0.1, 0.15) is 31.2 Å². The summed E-state index contributed by atoms with van der Waals surface area (Å²) < 4.78 is 1.97. The summed E-state index contributed by atoms with van der Waals surface area (Å²) >= 11 is 1.41. The normalized spacial score (nSPS) is 10.7. The Labute approximate surface area is 135 Å².